The molecule has 6 heteroatoms. The average molecular weight is 448 g/mol. The number of benzene rings is 1. The highest BCUT2D eigenvalue weighted by Gasteiger charge is 2.45. The summed E-state index contributed by atoms with van der Waals surface area (Å²) in [6.07, 6.45) is 1.55. The number of ketones is 1. The SMILES string of the molecule is CN(C(=O)OC(C)(C)C)[C@@H]1CC[C@H](C(=O)c2ccccc2)C[C@@H]1O[Si](C)(C)C(C)(C)C. The fourth-order valence-electron chi connectivity index (χ4n) is 3.78. The van der Waals surface area contributed by atoms with E-state index in [4.69, 9.17) is 9.16 Å². The minimum atomic E-state index is -2.10. The van der Waals surface area contributed by atoms with E-state index in [0.29, 0.717) is 6.42 Å². The van der Waals surface area contributed by atoms with Crippen LogP contribution in [0.15, 0.2) is 30.3 Å². The minimum Gasteiger partial charge on any atom is -0.444 e. The average Bonchev–Trinajstić information content (AvgIpc) is 2.65. The van der Waals surface area contributed by atoms with E-state index in [2.05, 4.69) is 33.9 Å². The maximum absolute atomic E-state index is 13.2. The fourth-order valence-corrected chi connectivity index (χ4v) is 5.15. The number of Topliss-reactive ketones (excluding diaryl/α,β-unsaturated/α-hetero) is 1. The number of ether oxygens (including phenoxy) is 1. The number of carbonyl (C=O) groups excluding carboxylic acids is 2. The van der Waals surface area contributed by atoms with E-state index in [-0.39, 0.29) is 35.0 Å². The Hall–Kier alpha value is -1.66. The number of nitrogens with zero attached hydrogens (tertiary/aromatic N) is 1. The van der Waals surface area contributed by atoms with Crippen LogP contribution in [-0.4, -0.2) is 49.9 Å². The van der Waals surface area contributed by atoms with E-state index in [1.807, 2.05) is 51.1 Å². The topological polar surface area (TPSA) is 55.8 Å². The van der Waals surface area contributed by atoms with Crippen molar-refractivity contribution in [2.24, 2.45) is 5.92 Å². The van der Waals surface area contributed by atoms with Crippen LogP contribution in [0.25, 0.3) is 0 Å². The Morgan fingerprint density at radius 3 is 2.10 bits per heavy atom. The highest BCUT2D eigenvalue weighted by Crippen LogP contribution is 2.41. The molecule has 0 aliphatic heterocycles. The van der Waals surface area contributed by atoms with Crippen molar-refractivity contribution < 1.29 is 18.8 Å². The molecule has 0 unspecified atom stereocenters. The molecule has 1 amide bonds. The van der Waals surface area contributed by atoms with Crippen molar-refractivity contribution in [1.82, 2.24) is 4.90 Å². The Morgan fingerprint density at radius 1 is 1.00 bits per heavy atom. The summed E-state index contributed by atoms with van der Waals surface area (Å²) in [5.74, 6) is 0.0725. The second-order valence-electron chi connectivity index (χ2n) is 11.3. The monoisotopic (exact) mass is 447 g/mol. The molecule has 0 spiro atoms. The molecule has 1 aliphatic carbocycles. The molecule has 0 saturated heterocycles. The third-order valence-corrected chi connectivity index (χ3v) is 11.1. The van der Waals surface area contributed by atoms with Crippen molar-refractivity contribution in [2.45, 2.75) is 96.7 Å². The van der Waals surface area contributed by atoms with E-state index >= 15 is 0 Å². The summed E-state index contributed by atoms with van der Waals surface area (Å²) in [5.41, 5.74) is 0.194. The van der Waals surface area contributed by atoms with Gasteiger partial charge in [0, 0.05) is 18.5 Å². The smallest absolute Gasteiger partial charge is 0.410 e. The molecule has 31 heavy (non-hydrogen) atoms. The van der Waals surface area contributed by atoms with Crippen molar-refractivity contribution in [1.29, 1.82) is 0 Å². The molecule has 1 fully saturated rings. The molecule has 1 saturated carbocycles. The highest BCUT2D eigenvalue weighted by atomic mass is 28.4. The van der Waals surface area contributed by atoms with E-state index in [9.17, 15) is 9.59 Å². The van der Waals surface area contributed by atoms with Gasteiger partial charge in [-0.3, -0.25) is 4.79 Å². The van der Waals surface area contributed by atoms with Crippen molar-refractivity contribution in [2.75, 3.05) is 7.05 Å². The van der Waals surface area contributed by atoms with Crippen molar-refractivity contribution in [3.63, 3.8) is 0 Å². The number of carbonyl (C=O) groups is 2. The maximum atomic E-state index is 13.2. The zero-order valence-corrected chi connectivity index (χ0v) is 21.8. The summed E-state index contributed by atoms with van der Waals surface area (Å²) >= 11 is 0. The quantitative estimate of drug-likeness (QED) is 0.393. The van der Waals surface area contributed by atoms with Crippen molar-refractivity contribution >= 4 is 20.2 Å². The summed E-state index contributed by atoms with van der Waals surface area (Å²) in [6.45, 7) is 16.7. The Labute approximate surface area is 189 Å². The molecule has 1 aliphatic rings. The molecule has 0 aromatic heterocycles. The van der Waals surface area contributed by atoms with E-state index in [1.54, 1.807) is 11.9 Å². The van der Waals surface area contributed by atoms with Gasteiger partial charge in [0.2, 0.25) is 0 Å². The lowest BCUT2D eigenvalue weighted by Gasteiger charge is -2.46. The standard InChI is InChI=1S/C25H41NO4Si/c1-24(2,3)29-23(28)26(7)20-16-15-19(22(27)18-13-11-10-12-14-18)17-21(20)30-31(8,9)25(4,5)6/h10-14,19-21H,15-17H2,1-9H3/t19-,20+,21-/m0/s1. The lowest BCUT2D eigenvalue weighted by Crippen LogP contribution is -2.55. The first-order valence-electron chi connectivity index (χ1n) is 11.4. The first-order chi connectivity index (χ1) is 14.1. The van der Waals surface area contributed by atoms with E-state index in [1.165, 1.54) is 0 Å². The molecule has 0 heterocycles. The van der Waals surface area contributed by atoms with Crippen molar-refractivity contribution in [3.05, 3.63) is 35.9 Å². The summed E-state index contributed by atoms with van der Waals surface area (Å²) in [5, 5.41) is 0.0401. The van der Waals surface area contributed by atoms with E-state index < -0.39 is 13.9 Å². The number of likely N-dealkylation sites (N-methyl/N-ethyl adjacent to an activating group) is 1. The van der Waals surface area contributed by atoms with Gasteiger partial charge in [-0.25, -0.2) is 4.79 Å². The third kappa shape index (κ3) is 6.66. The second-order valence-corrected chi connectivity index (χ2v) is 16.1. The molecule has 1 aromatic carbocycles. The summed E-state index contributed by atoms with van der Waals surface area (Å²) < 4.78 is 12.4. The Bertz CT molecular complexity index is 764. The summed E-state index contributed by atoms with van der Waals surface area (Å²) in [6, 6.07) is 9.38. The molecular formula is C25H41NO4Si. The van der Waals surface area contributed by atoms with Gasteiger partial charge in [0.25, 0.3) is 0 Å². The van der Waals surface area contributed by atoms with Crippen LogP contribution in [0.4, 0.5) is 4.79 Å². The predicted octanol–water partition coefficient (Wildman–Crippen LogP) is 6.30. The number of rotatable bonds is 5. The van der Waals surface area contributed by atoms with E-state index in [0.717, 1.165) is 18.4 Å². The zero-order chi connectivity index (χ0) is 23.6. The molecule has 0 N–H and O–H groups in total. The molecule has 1 aromatic rings. The molecular weight excluding hydrogens is 406 g/mol. The van der Waals surface area contributed by atoms with Crippen LogP contribution in [0.3, 0.4) is 0 Å². The molecule has 0 bridgehead atoms. The second kappa shape index (κ2) is 9.45. The van der Waals surface area contributed by atoms with Gasteiger partial charge in [-0.15, -0.1) is 0 Å². The number of hydrogen-bond acceptors (Lipinski definition) is 4. The van der Waals surface area contributed by atoms with Crippen LogP contribution in [0.2, 0.25) is 18.1 Å². The molecule has 3 atom stereocenters. The molecule has 174 valence electrons. The van der Waals surface area contributed by atoms with Crippen LogP contribution in [0.5, 0.6) is 0 Å². The molecule has 0 radical (unpaired) electrons. The van der Waals surface area contributed by atoms with Crippen LogP contribution >= 0.6 is 0 Å². The minimum absolute atomic E-state index is 0.0401. The summed E-state index contributed by atoms with van der Waals surface area (Å²) in [7, 11) is -0.304. The fraction of sp³-hybridized carbons (Fsp3) is 0.680. The number of amides is 1. The van der Waals surface area contributed by atoms with Crippen LogP contribution < -0.4 is 0 Å². The summed E-state index contributed by atoms with van der Waals surface area (Å²) in [4.78, 5) is 27.6. The van der Waals surface area contributed by atoms with Gasteiger partial charge >= 0.3 is 6.09 Å². The van der Waals surface area contributed by atoms with Gasteiger partial charge in [0.1, 0.15) is 5.60 Å². The van der Waals surface area contributed by atoms with Gasteiger partial charge in [0.15, 0.2) is 14.1 Å². The Morgan fingerprint density at radius 2 is 1.58 bits per heavy atom. The number of hydrogen-bond donors (Lipinski definition) is 0. The van der Waals surface area contributed by atoms with Gasteiger partial charge in [0.05, 0.1) is 12.1 Å². The lowest BCUT2D eigenvalue weighted by atomic mass is 9.79. The zero-order valence-electron chi connectivity index (χ0n) is 20.8. The first kappa shape index (κ1) is 25.6. The molecule has 5 nitrogen and oxygen atoms in total. The Balaban J connectivity index is 2.27. The molecule has 2 rings (SSSR count). The maximum Gasteiger partial charge on any atom is 0.410 e. The third-order valence-electron chi connectivity index (χ3n) is 6.62. The normalized spacial score (nSPS) is 22.7. The Kier molecular flexibility index (Phi) is 7.80. The first-order valence-corrected chi connectivity index (χ1v) is 14.3. The van der Waals surface area contributed by atoms with Gasteiger partial charge in [-0.2, -0.15) is 0 Å². The van der Waals surface area contributed by atoms with Gasteiger partial charge < -0.3 is 14.1 Å². The largest absolute Gasteiger partial charge is 0.444 e. The van der Waals surface area contributed by atoms with Crippen LogP contribution in [-0.2, 0) is 9.16 Å². The lowest BCUT2D eigenvalue weighted by molar-refractivity contribution is -0.0109. The van der Waals surface area contributed by atoms with Crippen molar-refractivity contribution in [3.8, 4) is 0 Å². The van der Waals surface area contributed by atoms with Crippen LogP contribution in [0, 0.1) is 5.92 Å². The predicted molar refractivity (Wildman–Crippen MR) is 128 cm³/mol. The highest BCUT2D eigenvalue weighted by molar-refractivity contribution is 6.74. The van der Waals surface area contributed by atoms with Gasteiger partial charge in [-0.1, -0.05) is 51.1 Å². The van der Waals surface area contributed by atoms with Gasteiger partial charge in [-0.05, 0) is 58.2 Å². The van der Waals surface area contributed by atoms with Crippen LogP contribution in [0.1, 0.15) is 71.2 Å².